The Bertz CT molecular complexity index is 451. The van der Waals surface area contributed by atoms with Crippen molar-refractivity contribution in [2.75, 3.05) is 13.1 Å². The molecule has 0 aromatic heterocycles. The zero-order valence-electron chi connectivity index (χ0n) is 10.0. The van der Waals surface area contributed by atoms with Gasteiger partial charge >= 0.3 is 5.97 Å². The highest BCUT2D eigenvalue weighted by Gasteiger charge is 2.17. The van der Waals surface area contributed by atoms with Crippen LogP contribution in [0.4, 0.5) is 0 Å². The third-order valence-electron chi connectivity index (χ3n) is 3.16. The smallest absolute Gasteiger partial charge is 0.332 e. The minimum Gasteiger partial charge on any atom is -0.478 e. The molecule has 1 aromatic rings. The lowest BCUT2D eigenvalue weighted by atomic mass is 10.1. The van der Waals surface area contributed by atoms with Crippen LogP contribution in [-0.2, 0) is 11.3 Å². The molecule has 0 atom stereocenters. The van der Waals surface area contributed by atoms with E-state index in [0.29, 0.717) is 12.1 Å². The Morgan fingerprint density at radius 2 is 2.18 bits per heavy atom. The van der Waals surface area contributed by atoms with Crippen molar-refractivity contribution >= 4 is 5.97 Å². The maximum atomic E-state index is 10.9. The van der Waals surface area contributed by atoms with Gasteiger partial charge in [0, 0.05) is 25.2 Å². The highest BCUT2D eigenvalue weighted by Crippen LogP contribution is 2.15. The molecule has 0 aliphatic carbocycles. The number of hydrogen-bond acceptors (Lipinski definition) is 2. The lowest BCUT2D eigenvalue weighted by Crippen LogP contribution is -2.31. The number of hydrogen-bond donors (Lipinski definition) is 1. The molecule has 1 N–H and O–H groups in total. The van der Waals surface area contributed by atoms with Gasteiger partial charge in [0.1, 0.15) is 0 Å². The second kappa shape index (κ2) is 5.15. The lowest BCUT2D eigenvalue weighted by molar-refractivity contribution is -0.133. The predicted molar refractivity (Wildman–Crippen MR) is 66.8 cm³/mol. The Labute approximate surface area is 101 Å². The van der Waals surface area contributed by atoms with E-state index in [4.69, 9.17) is 5.11 Å². The van der Waals surface area contributed by atoms with E-state index in [0.717, 1.165) is 19.5 Å². The van der Waals surface area contributed by atoms with Gasteiger partial charge in [-0.15, -0.1) is 0 Å². The molecule has 1 aromatic carbocycles. The van der Waals surface area contributed by atoms with Gasteiger partial charge in [0.25, 0.3) is 0 Å². The predicted octanol–water partition coefficient (Wildman–Crippen LogP) is 2.21. The van der Waals surface area contributed by atoms with Crippen LogP contribution in [0.2, 0.25) is 0 Å². The topological polar surface area (TPSA) is 40.5 Å². The van der Waals surface area contributed by atoms with Crippen LogP contribution in [-0.4, -0.2) is 29.1 Å². The molecule has 3 nitrogen and oxygen atoms in total. The number of carboxylic acid groups (broad SMARTS) is 1. The third kappa shape index (κ3) is 2.94. The van der Waals surface area contributed by atoms with Crippen LogP contribution in [0, 0.1) is 6.92 Å². The first-order valence-corrected chi connectivity index (χ1v) is 5.86. The van der Waals surface area contributed by atoms with Gasteiger partial charge in [-0.2, -0.15) is 0 Å². The Morgan fingerprint density at radius 1 is 1.41 bits per heavy atom. The minimum atomic E-state index is -0.792. The number of aliphatic carboxylic acids is 1. The lowest BCUT2D eigenvalue weighted by Gasteiger charge is -2.26. The molecular weight excluding hydrogens is 214 g/mol. The van der Waals surface area contributed by atoms with Crippen molar-refractivity contribution in [3.05, 3.63) is 47.0 Å². The number of benzene rings is 1. The van der Waals surface area contributed by atoms with Gasteiger partial charge < -0.3 is 5.11 Å². The van der Waals surface area contributed by atoms with Crippen LogP contribution in [0.25, 0.3) is 0 Å². The Hall–Kier alpha value is -1.61. The van der Waals surface area contributed by atoms with Crippen molar-refractivity contribution in [3.63, 3.8) is 0 Å². The second-order valence-electron chi connectivity index (χ2n) is 4.46. The number of rotatable bonds is 3. The Morgan fingerprint density at radius 3 is 2.88 bits per heavy atom. The molecule has 0 bridgehead atoms. The van der Waals surface area contributed by atoms with E-state index in [1.54, 1.807) is 0 Å². The van der Waals surface area contributed by atoms with Crippen molar-refractivity contribution in [1.82, 2.24) is 4.90 Å². The van der Waals surface area contributed by atoms with Crippen molar-refractivity contribution in [2.45, 2.75) is 19.9 Å². The van der Waals surface area contributed by atoms with Crippen molar-refractivity contribution in [3.8, 4) is 0 Å². The Balaban J connectivity index is 2.04. The summed E-state index contributed by atoms with van der Waals surface area (Å²) in [5.74, 6) is -0.792. The zero-order chi connectivity index (χ0) is 12.3. The first-order valence-electron chi connectivity index (χ1n) is 5.86. The van der Waals surface area contributed by atoms with Crippen LogP contribution in [0.3, 0.4) is 0 Å². The van der Waals surface area contributed by atoms with Gasteiger partial charge in [-0.1, -0.05) is 30.3 Å². The van der Waals surface area contributed by atoms with Crippen LogP contribution < -0.4 is 0 Å². The summed E-state index contributed by atoms with van der Waals surface area (Å²) in [6.07, 6.45) is 2.66. The summed E-state index contributed by atoms with van der Waals surface area (Å²) < 4.78 is 0. The van der Waals surface area contributed by atoms with E-state index >= 15 is 0 Å². The van der Waals surface area contributed by atoms with Gasteiger partial charge in [0.05, 0.1) is 0 Å². The van der Waals surface area contributed by atoms with E-state index < -0.39 is 5.97 Å². The van der Waals surface area contributed by atoms with Gasteiger partial charge in [-0.05, 0) is 24.5 Å². The van der Waals surface area contributed by atoms with E-state index in [9.17, 15) is 4.79 Å². The highest BCUT2D eigenvalue weighted by molar-refractivity contribution is 5.87. The molecule has 1 aliphatic heterocycles. The average molecular weight is 231 g/mol. The molecule has 0 unspecified atom stereocenters. The second-order valence-corrected chi connectivity index (χ2v) is 4.46. The van der Waals surface area contributed by atoms with Gasteiger partial charge in [-0.25, -0.2) is 4.79 Å². The molecule has 1 aliphatic rings. The van der Waals surface area contributed by atoms with Crippen molar-refractivity contribution in [1.29, 1.82) is 0 Å². The minimum absolute atomic E-state index is 0.518. The molecule has 0 spiro atoms. The van der Waals surface area contributed by atoms with Crippen LogP contribution in [0.15, 0.2) is 35.9 Å². The van der Waals surface area contributed by atoms with Gasteiger partial charge in [0.15, 0.2) is 0 Å². The monoisotopic (exact) mass is 231 g/mol. The number of aryl methyl sites for hydroxylation is 1. The van der Waals surface area contributed by atoms with E-state index in [1.165, 1.54) is 11.1 Å². The molecule has 90 valence electrons. The summed E-state index contributed by atoms with van der Waals surface area (Å²) in [5, 5.41) is 8.98. The summed E-state index contributed by atoms with van der Waals surface area (Å²) in [6, 6.07) is 8.25. The maximum Gasteiger partial charge on any atom is 0.332 e. The van der Waals surface area contributed by atoms with Crippen LogP contribution in [0.1, 0.15) is 17.5 Å². The van der Waals surface area contributed by atoms with Gasteiger partial charge in [0.2, 0.25) is 0 Å². The SMILES string of the molecule is Cc1ccccc1CN1CCC=C(C(=O)O)C1. The summed E-state index contributed by atoms with van der Waals surface area (Å²) in [6.45, 7) is 4.40. The van der Waals surface area contributed by atoms with E-state index in [-0.39, 0.29) is 0 Å². The first-order chi connectivity index (χ1) is 8.16. The molecule has 0 saturated heterocycles. The highest BCUT2D eigenvalue weighted by atomic mass is 16.4. The van der Waals surface area contributed by atoms with Crippen LogP contribution in [0.5, 0.6) is 0 Å². The summed E-state index contributed by atoms with van der Waals surface area (Å²) in [5.41, 5.74) is 3.06. The fourth-order valence-corrected chi connectivity index (χ4v) is 2.12. The molecule has 2 rings (SSSR count). The Kier molecular flexibility index (Phi) is 3.59. The zero-order valence-corrected chi connectivity index (χ0v) is 10.0. The standard InChI is InChI=1S/C14H17NO2/c1-11-5-2-3-6-12(11)9-15-8-4-7-13(10-15)14(16)17/h2-3,5-7H,4,8-10H2,1H3,(H,16,17). The largest absolute Gasteiger partial charge is 0.478 e. The van der Waals surface area contributed by atoms with E-state index in [2.05, 4.69) is 24.0 Å². The summed E-state index contributed by atoms with van der Waals surface area (Å²) in [7, 11) is 0. The van der Waals surface area contributed by atoms with E-state index in [1.807, 2.05) is 18.2 Å². The molecule has 0 radical (unpaired) electrons. The number of carbonyl (C=O) groups is 1. The number of carboxylic acids is 1. The number of nitrogens with zero attached hydrogens (tertiary/aromatic N) is 1. The summed E-state index contributed by atoms with van der Waals surface area (Å²) in [4.78, 5) is 13.1. The average Bonchev–Trinajstić information content (AvgIpc) is 2.32. The summed E-state index contributed by atoms with van der Waals surface area (Å²) >= 11 is 0. The molecule has 0 fully saturated rings. The fourth-order valence-electron chi connectivity index (χ4n) is 2.12. The molecule has 0 amide bonds. The van der Waals surface area contributed by atoms with Gasteiger partial charge in [-0.3, -0.25) is 4.90 Å². The molecule has 1 heterocycles. The fraction of sp³-hybridized carbons (Fsp3) is 0.357. The molecule has 17 heavy (non-hydrogen) atoms. The van der Waals surface area contributed by atoms with Crippen molar-refractivity contribution < 1.29 is 9.90 Å². The third-order valence-corrected chi connectivity index (χ3v) is 3.16. The quantitative estimate of drug-likeness (QED) is 0.867. The molecule has 0 saturated carbocycles. The van der Waals surface area contributed by atoms with Crippen LogP contribution >= 0.6 is 0 Å². The van der Waals surface area contributed by atoms with Crippen molar-refractivity contribution in [2.24, 2.45) is 0 Å². The molecule has 3 heteroatoms. The first kappa shape index (κ1) is 11.9. The normalized spacial score (nSPS) is 16.6. The maximum absolute atomic E-state index is 10.9. The molecular formula is C14H17NO2.